The van der Waals surface area contributed by atoms with E-state index in [4.69, 9.17) is 13.9 Å². The Morgan fingerprint density at radius 2 is 1.72 bits per heavy atom. The summed E-state index contributed by atoms with van der Waals surface area (Å²) in [5, 5.41) is 10.6. The van der Waals surface area contributed by atoms with Crippen LogP contribution in [0.3, 0.4) is 0 Å². The van der Waals surface area contributed by atoms with Crippen molar-refractivity contribution in [2.24, 2.45) is 5.10 Å². The Kier molecular flexibility index (Phi) is 11.8. The van der Waals surface area contributed by atoms with E-state index in [0.29, 0.717) is 43.7 Å². The second-order valence-electron chi connectivity index (χ2n) is 9.38. The Balaban J connectivity index is 1.79. The van der Waals surface area contributed by atoms with Crippen molar-refractivity contribution in [2.75, 3.05) is 33.5 Å². The van der Waals surface area contributed by atoms with Gasteiger partial charge in [0.2, 0.25) is 11.7 Å². The summed E-state index contributed by atoms with van der Waals surface area (Å²) in [7, 11) is 1.63. The molecule has 1 aromatic heterocycles. The minimum Gasteiger partial charge on any atom is -0.431 e. The number of hydrogen-bond donors (Lipinski definition) is 3. The second kappa shape index (κ2) is 15.2. The third kappa shape index (κ3) is 8.03. The number of carbonyl (C=O) groups excluding carboxylic acids is 2. The molecule has 0 fully saturated rings. The van der Waals surface area contributed by atoms with Crippen molar-refractivity contribution in [1.29, 1.82) is 0 Å². The SMILES string of the molecule is CCC(CC)NC(=O)c1cnc(-c2cccc(C3=NNC(C(=O)NC(CC)CC)N3CCOCCOC)c2)o1. The first-order valence-corrected chi connectivity index (χ1v) is 13.8. The van der Waals surface area contributed by atoms with E-state index in [0.717, 1.165) is 31.2 Å². The maximum Gasteiger partial charge on any atom is 0.288 e. The number of nitrogens with one attached hydrogen (secondary N) is 3. The standard InChI is InChI=1S/C28H42N6O5/c1-6-21(7-2)30-26(35)23-18-29-28(39-23)20-12-10-11-19(17-20)24-32-33-25(27(36)31-22(8-3)9-4)34(24)13-14-38-16-15-37-5/h10-12,17-18,21-22,25,33H,6-9,13-16H2,1-5H3,(H,30,35)(H,31,36). The first kappa shape index (κ1) is 30.1. The summed E-state index contributed by atoms with van der Waals surface area (Å²) in [5.41, 5.74) is 4.46. The van der Waals surface area contributed by atoms with Crippen molar-refractivity contribution in [3.8, 4) is 11.5 Å². The van der Waals surface area contributed by atoms with Crippen molar-refractivity contribution in [1.82, 2.24) is 25.9 Å². The highest BCUT2D eigenvalue weighted by atomic mass is 16.5. The van der Waals surface area contributed by atoms with Crippen molar-refractivity contribution in [2.45, 2.75) is 71.6 Å². The first-order chi connectivity index (χ1) is 18.9. The van der Waals surface area contributed by atoms with Crippen LogP contribution in [-0.2, 0) is 14.3 Å². The molecule has 3 rings (SSSR count). The van der Waals surface area contributed by atoms with Crippen molar-refractivity contribution < 1.29 is 23.5 Å². The molecule has 0 aliphatic carbocycles. The molecule has 11 nitrogen and oxygen atoms in total. The lowest BCUT2D eigenvalue weighted by molar-refractivity contribution is -0.126. The number of rotatable bonds is 16. The zero-order valence-electron chi connectivity index (χ0n) is 23.7. The Morgan fingerprint density at radius 3 is 2.41 bits per heavy atom. The Hall–Kier alpha value is -3.44. The molecule has 3 N–H and O–H groups in total. The van der Waals surface area contributed by atoms with Crippen molar-refractivity contribution in [3.63, 3.8) is 0 Å². The van der Waals surface area contributed by atoms with Gasteiger partial charge in [0.15, 0.2) is 12.0 Å². The number of ether oxygens (including phenoxy) is 2. The lowest BCUT2D eigenvalue weighted by atomic mass is 10.1. The molecule has 39 heavy (non-hydrogen) atoms. The summed E-state index contributed by atoms with van der Waals surface area (Å²) < 4.78 is 16.6. The summed E-state index contributed by atoms with van der Waals surface area (Å²) in [6.45, 7) is 9.95. The third-order valence-electron chi connectivity index (χ3n) is 6.78. The van der Waals surface area contributed by atoms with E-state index >= 15 is 0 Å². The van der Waals surface area contributed by atoms with Crippen LogP contribution in [0, 0.1) is 0 Å². The summed E-state index contributed by atoms with van der Waals surface area (Å²) >= 11 is 0. The van der Waals surface area contributed by atoms with Crippen LogP contribution in [0.5, 0.6) is 0 Å². The summed E-state index contributed by atoms with van der Waals surface area (Å²) in [5.74, 6) is 0.672. The fourth-order valence-electron chi connectivity index (χ4n) is 4.28. The van der Waals surface area contributed by atoms with Gasteiger partial charge in [-0.2, -0.15) is 5.10 Å². The fourth-order valence-corrected chi connectivity index (χ4v) is 4.28. The summed E-state index contributed by atoms with van der Waals surface area (Å²) in [6.07, 6.45) is 4.14. The molecular formula is C28H42N6O5. The van der Waals surface area contributed by atoms with Crippen LogP contribution >= 0.6 is 0 Å². The number of aromatic nitrogens is 1. The van der Waals surface area contributed by atoms with Crippen LogP contribution in [0.25, 0.3) is 11.5 Å². The van der Waals surface area contributed by atoms with E-state index in [1.807, 2.05) is 43.0 Å². The highest BCUT2D eigenvalue weighted by Crippen LogP contribution is 2.23. The van der Waals surface area contributed by atoms with E-state index in [1.165, 1.54) is 6.20 Å². The zero-order chi connectivity index (χ0) is 28.2. The number of nitrogens with zero attached hydrogens (tertiary/aromatic N) is 3. The number of amidine groups is 1. The van der Waals surface area contributed by atoms with Gasteiger partial charge in [-0.1, -0.05) is 39.8 Å². The number of methoxy groups -OCH3 is 1. The molecule has 1 atom stereocenters. The van der Waals surface area contributed by atoms with Crippen molar-refractivity contribution in [3.05, 3.63) is 41.8 Å². The molecule has 1 aliphatic rings. The average Bonchev–Trinajstić information content (AvgIpc) is 3.62. The molecule has 214 valence electrons. The number of oxazole rings is 1. The maximum atomic E-state index is 13.2. The fraction of sp³-hybridized carbons (Fsp3) is 0.571. The monoisotopic (exact) mass is 542 g/mol. The predicted octanol–water partition coefficient (Wildman–Crippen LogP) is 3.12. The number of carbonyl (C=O) groups is 2. The molecule has 2 aromatic rings. The number of hydrazone groups is 1. The molecule has 2 amide bonds. The van der Waals surface area contributed by atoms with Gasteiger partial charge in [-0.3, -0.25) is 15.0 Å². The molecule has 0 bridgehead atoms. The van der Waals surface area contributed by atoms with E-state index in [1.54, 1.807) is 7.11 Å². The van der Waals surface area contributed by atoms with Crippen LogP contribution in [0.15, 0.2) is 40.0 Å². The van der Waals surface area contributed by atoms with Gasteiger partial charge in [-0.15, -0.1) is 0 Å². The third-order valence-corrected chi connectivity index (χ3v) is 6.78. The minimum atomic E-state index is -0.669. The second-order valence-corrected chi connectivity index (χ2v) is 9.38. The molecule has 1 aliphatic heterocycles. The first-order valence-electron chi connectivity index (χ1n) is 13.8. The molecule has 2 heterocycles. The van der Waals surface area contributed by atoms with Gasteiger partial charge >= 0.3 is 0 Å². The van der Waals surface area contributed by atoms with Crippen molar-refractivity contribution >= 4 is 17.6 Å². The van der Waals surface area contributed by atoms with E-state index in [9.17, 15) is 9.59 Å². The van der Waals surface area contributed by atoms with Crippen LogP contribution in [0.1, 0.15) is 69.5 Å². The average molecular weight is 543 g/mol. The predicted molar refractivity (Wildman–Crippen MR) is 149 cm³/mol. The number of benzene rings is 1. The van der Waals surface area contributed by atoms with Gasteiger partial charge in [-0.25, -0.2) is 4.98 Å². The molecule has 1 aromatic carbocycles. The molecule has 0 saturated carbocycles. The van der Waals surface area contributed by atoms with Gasteiger partial charge in [0.25, 0.3) is 11.8 Å². The summed E-state index contributed by atoms with van der Waals surface area (Å²) in [6, 6.07) is 7.69. The molecule has 1 unspecified atom stereocenters. The highest BCUT2D eigenvalue weighted by Gasteiger charge is 2.34. The minimum absolute atomic E-state index is 0.0850. The largest absolute Gasteiger partial charge is 0.431 e. The molecule has 11 heteroatoms. The quantitative estimate of drug-likeness (QED) is 0.276. The van der Waals surface area contributed by atoms with Gasteiger partial charge in [0.1, 0.15) is 0 Å². The van der Waals surface area contributed by atoms with Crippen LogP contribution in [0.4, 0.5) is 0 Å². The zero-order valence-corrected chi connectivity index (χ0v) is 23.7. The molecular weight excluding hydrogens is 500 g/mol. The topological polar surface area (TPSA) is 130 Å². The van der Waals surface area contributed by atoms with E-state index in [2.05, 4.69) is 40.0 Å². The lowest BCUT2D eigenvalue weighted by Crippen LogP contribution is -2.54. The number of hydrogen-bond acceptors (Lipinski definition) is 9. The number of amides is 2. The van der Waals surface area contributed by atoms with E-state index < -0.39 is 6.17 Å². The van der Waals surface area contributed by atoms with Gasteiger partial charge in [0, 0.05) is 36.9 Å². The lowest BCUT2D eigenvalue weighted by Gasteiger charge is -2.28. The Labute approximate surface area is 230 Å². The van der Waals surface area contributed by atoms with Crippen LogP contribution < -0.4 is 16.1 Å². The molecule has 0 radical (unpaired) electrons. The van der Waals surface area contributed by atoms with Crippen LogP contribution in [0.2, 0.25) is 0 Å². The molecule has 0 saturated heterocycles. The van der Waals surface area contributed by atoms with Gasteiger partial charge in [0.05, 0.1) is 26.0 Å². The van der Waals surface area contributed by atoms with Gasteiger partial charge < -0.3 is 29.4 Å². The van der Waals surface area contributed by atoms with E-state index in [-0.39, 0.29) is 29.7 Å². The normalized spacial score (nSPS) is 15.0. The summed E-state index contributed by atoms with van der Waals surface area (Å²) in [4.78, 5) is 32.0. The van der Waals surface area contributed by atoms with Gasteiger partial charge in [-0.05, 0) is 37.8 Å². The van der Waals surface area contributed by atoms with Crippen LogP contribution in [-0.4, -0.2) is 79.3 Å². The smallest absolute Gasteiger partial charge is 0.288 e. The Bertz CT molecular complexity index is 1100. The maximum absolute atomic E-state index is 13.2. The molecule has 0 spiro atoms. The Morgan fingerprint density at radius 1 is 1.03 bits per heavy atom. The highest BCUT2D eigenvalue weighted by molar-refractivity contribution is 6.03.